The summed E-state index contributed by atoms with van der Waals surface area (Å²) in [5.41, 5.74) is 0.346. The topological polar surface area (TPSA) is 55.9 Å². The maximum absolute atomic E-state index is 12.3. The van der Waals surface area contributed by atoms with E-state index in [4.69, 9.17) is 9.47 Å². The molecule has 1 saturated heterocycles. The van der Waals surface area contributed by atoms with E-state index in [2.05, 4.69) is 13.8 Å². The quantitative estimate of drug-likeness (QED) is 0.534. The number of ether oxygens (including phenoxy) is 2. The summed E-state index contributed by atoms with van der Waals surface area (Å²) in [5, 5.41) is 0. The van der Waals surface area contributed by atoms with Crippen LogP contribution < -0.4 is 0 Å². The minimum atomic E-state index is -0.166. The number of epoxide rings is 1. The van der Waals surface area contributed by atoms with E-state index in [-0.39, 0.29) is 34.4 Å². The number of rotatable bonds is 2. The Bertz CT molecular complexity index is 688. The van der Waals surface area contributed by atoms with Gasteiger partial charge in [-0.15, -0.1) is 0 Å². The van der Waals surface area contributed by atoms with Crippen molar-refractivity contribution < 1.29 is 19.1 Å². The van der Waals surface area contributed by atoms with Crippen LogP contribution in [-0.2, 0) is 19.1 Å². The maximum atomic E-state index is 12.3. The first-order chi connectivity index (χ1) is 12.7. The standard InChI is InChI=1S/C23H34O4/c1-13(24)17-5-6-18-16-11-20-23(27-20)12-15(26-14(2)25)7-10-22(23,4)19(16)8-9-21(17,18)3/h15-20H,5-12H2,1-4H3/t15-,16-,17+,18-,19-,20+,21+,22+,23-/m0/s1. The Kier molecular flexibility index (Phi) is 3.75. The first-order valence-corrected chi connectivity index (χ1v) is 11.1. The van der Waals surface area contributed by atoms with Gasteiger partial charge in [0.15, 0.2) is 0 Å². The van der Waals surface area contributed by atoms with Gasteiger partial charge in [-0.05, 0) is 75.0 Å². The number of hydrogen-bond donors (Lipinski definition) is 0. The zero-order chi connectivity index (χ0) is 19.2. The predicted octanol–water partition coefficient (Wildman–Crippen LogP) is 4.30. The van der Waals surface area contributed by atoms with E-state index in [0.29, 0.717) is 29.6 Å². The zero-order valence-electron chi connectivity index (χ0n) is 17.3. The predicted molar refractivity (Wildman–Crippen MR) is 101 cm³/mol. The fraction of sp³-hybridized carbons (Fsp3) is 0.913. The van der Waals surface area contributed by atoms with Gasteiger partial charge in [0.25, 0.3) is 0 Å². The summed E-state index contributed by atoms with van der Waals surface area (Å²) in [4.78, 5) is 23.7. The van der Waals surface area contributed by atoms with Crippen LogP contribution in [0.2, 0.25) is 0 Å². The van der Waals surface area contributed by atoms with Gasteiger partial charge >= 0.3 is 5.97 Å². The summed E-state index contributed by atoms with van der Waals surface area (Å²) in [5.74, 6) is 2.57. The number of fused-ring (bicyclic) bond motifs is 4. The van der Waals surface area contributed by atoms with Gasteiger partial charge in [-0.2, -0.15) is 0 Å². The van der Waals surface area contributed by atoms with Crippen LogP contribution in [0.5, 0.6) is 0 Å². The highest BCUT2D eigenvalue weighted by Gasteiger charge is 2.76. The van der Waals surface area contributed by atoms with Crippen LogP contribution in [0.25, 0.3) is 0 Å². The maximum Gasteiger partial charge on any atom is 0.302 e. The van der Waals surface area contributed by atoms with Crippen LogP contribution in [0.3, 0.4) is 0 Å². The van der Waals surface area contributed by atoms with Crippen molar-refractivity contribution in [1.29, 1.82) is 0 Å². The molecule has 0 N–H and O–H groups in total. The fourth-order valence-corrected chi connectivity index (χ4v) is 8.64. The first-order valence-electron chi connectivity index (χ1n) is 11.1. The highest BCUT2D eigenvalue weighted by molar-refractivity contribution is 5.79. The van der Waals surface area contributed by atoms with Crippen molar-refractivity contribution >= 4 is 11.8 Å². The smallest absolute Gasteiger partial charge is 0.302 e. The summed E-state index contributed by atoms with van der Waals surface area (Å²) >= 11 is 0. The number of carbonyl (C=O) groups is 2. The summed E-state index contributed by atoms with van der Waals surface area (Å²) in [7, 11) is 0. The lowest BCUT2D eigenvalue weighted by Crippen LogP contribution is -2.59. The monoisotopic (exact) mass is 374 g/mol. The minimum Gasteiger partial charge on any atom is -0.462 e. The van der Waals surface area contributed by atoms with E-state index < -0.39 is 0 Å². The molecule has 0 aromatic carbocycles. The molecule has 4 saturated carbocycles. The molecule has 0 radical (unpaired) electrons. The molecule has 4 nitrogen and oxygen atoms in total. The molecule has 5 aliphatic rings. The molecule has 0 unspecified atom stereocenters. The molecule has 5 rings (SSSR count). The molecule has 9 atom stereocenters. The van der Waals surface area contributed by atoms with Crippen molar-refractivity contribution in [3.63, 3.8) is 0 Å². The molecule has 0 bridgehead atoms. The van der Waals surface area contributed by atoms with E-state index >= 15 is 0 Å². The second-order valence-electron chi connectivity index (χ2n) is 10.8. The summed E-state index contributed by atoms with van der Waals surface area (Å²) in [6.07, 6.45) is 9.18. The molecule has 27 heavy (non-hydrogen) atoms. The average molecular weight is 375 g/mol. The second kappa shape index (κ2) is 5.58. The van der Waals surface area contributed by atoms with Gasteiger partial charge in [0, 0.05) is 24.7 Å². The molecule has 0 aromatic heterocycles. The Morgan fingerprint density at radius 3 is 2.48 bits per heavy atom. The van der Waals surface area contributed by atoms with Crippen molar-refractivity contribution in [3.8, 4) is 0 Å². The second-order valence-corrected chi connectivity index (χ2v) is 10.8. The molecular formula is C23H34O4. The lowest BCUT2D eigenvalue weighted by Gasteiger charge is -2.59. The third-order valence-electron chi connectivity index (χ3n) is 9.86. The van der Waals surface area contributed by atoms with Gasteiger partial charge in [-0.25, -0.2) is 0 Å². The van der Waals surface area contributed by atoms with Crippen molar-refractivity contribution in [2.45, 2.75) is 96.9 Å². The lowest BCUT2D eigenvalue weighted by atomic mass is 9.44. The van der Waals surface area contributed by atoms with Crippen molar-refractivity contribution in [3.05, 3.63) is 0 Å². The van der Waals surface area contributed by atoms with Crippen molar-refractivity contribution in [1.82, 2.24) is 0 Å². The molecule has 4 aliphatic carbocycles. The SMILES string of the molecule is CC(=O)O[C@H]1CC[C@]2(C)[C@H]3CC[C@]4(C)[C@@H](C(C)=O)CC[C@H]4[C@@H]3C[C@H]3O[C@@]32C1. The Morgan fingerprint density at radius 1 is 1.00 bits per heavy atom. The van der Waals surface area contributed by atoms with Gasteiger partial charge in [-0.1, -0.05) is 13.8 Å². The van der Waals surface area contributed by atoms with Gasteiger partial charge in [0.1, 0.15) is 17.5 Å². The van der Waals surface area contributed by atoms with Crippen LogP contribution in [0, 0.1) is 34.5 Å². The molecular weight excluding hydrogens is 340 g/mol. The summed E-state index contributed by atoms with van der Waals surface area (Å²) in [6, 6.07) is 0. The minimum absolute atomic E-state index is 0.0274. The molecule has 0 amide bonds. The van der Waals surface area contributed by atoms with E-state index in [1.54, 1.807) is 6.92 Å². The van der Waals surface area contributed by atoms with Crippen LogP contribution >= 0.6 is 0 Å². The van der Waals surface area contributed by atoms with Gasteiger partial charge in [-0.3, -0.25) is 9.59 Å². The van der Waals surface area contributed by atoms with Crippen molar-refractivity contribution in [2.75, 3.05) is 0 Å². The third-order valence-corrected chi connectivity index (χ3v) is 9.86. The Balaban J connectivity index is 1.42. The third kappa shape index (κ3) is 2.25. The van der Waals surface area contributed by atoms with E-state index in [1.165, 1.54) is 26.2 Å². The largest absolute Gasteiger partial charge is 0.462 e. The zero-order valence-corrected chi connectivity index (χ0v) is 17.3. The summed E-state index contributed by atoms with van der Waals surface area (Å²) < 4.78 is 12.1. The van der Waals surface area contributed by atoms with E-state index in [9.17, 15) is 9.59 Å². The highest BCUT2D eigenvalue weighted by Crippen LogP contribution is 2.74. The molecule has 1 heterocycles. The molecule has 5 fully saturated rings. The molecule has 0 aromatic rings. The Hall–Kier alpha value is -0.900. The highest BCUT2D eigenvalue weighted by atomic mass is 16.6. The Labute approximate surface area is 162 Å². The molecule has 1 spiro atoms. The number of hydrogen-bond acceptors (Lipinski definition) is 4. The van der Waals surface area contributed by atoms with Gasteiger partial charge in [0.05, 0.1) is 6.10 Å². The van der Waals surface area contributed by atoms with Crippen LogP contribution in [0.15, 0.2) is 0 Å². The number of Topliss-reactive ketones (excluding diaryl/α,β-unsaturated/α-hetero) is 1. The summed E-state index contributed by atoms with van der Waals surface area (Å²) in [6.45, 7) is 8.19. The number of esters is 1. The molecule has 150 valence electrons. The van der Waals surface area contributed by atoms with Gasteiger partial charge < -0.3 is 9.47 Å². The lowest BCUT2D eigenvalue weighted by molar-refractivity contribution is -0.158. The van der Waals surface area contributed by atoms with Crippen molar-refractivity contribution in [2.24, 2.45) is 34.5 Å². The van der Waals surface area contributed by atoms with Gasteiger partial charge in [0.2, 0.25) is 0 Å². The first kappa shape index (κ1) is 18.1. The fourth-order valence-electron chi connectivity index (χ4n) is 8.64. The van der Waals surface area contributed by atoms with Crippen LogP contribution in [0.1, 0.15) is 79.1 Å². The number of ketones is 1. The normalized spacial score (nSPS) is 55.6. The molecule has 1 aliphatic heterocycles. The van der Waals surface area contributed by atoms with Crippen LogP contribution in [-0.4, -0.2) is 29.6 Å². The number of carbonyl (C=O) groups excluding carboxylic acids is 2. The van der Waals surface area contributed by atoms with E-state index in [1.807, 2.05) is 0 Å². The average Bonchev–Trinajstić information content (AvgIpc) is 3.15. The Morgan fingerprint density at radius 2 is 1.78 bits per heavy atom. The van der Waals surface area contributed by atoms with E-state index in [0.717, 1.165) is 32.1 Å². The van der Waals surface area contributed by atoms with Crippen LogP contribution in [0.4, 0.5) is 0 Å². The molecule has 4 heteroatoms.